The van der Waals surface area contributed by atoms with Crippen LogP contribution in [0.15, 0.2) is 22.6 Å². The second kappa shape index (κ2) is 5.19. The Balaban J connectivity index is 1.69. The van der Waals surface area contributed by atoms with Gasteiger partial charge in [-0.2, -0.15) is 4.98 Å². The Bertz CT molecular complexity index is 605. The van der Waals surface area contributed by atoms with Crippen LogP contribution in [0.1, 0.15) is 23.2 Å². The maximum absolute atomic E-state index is 12.0. The number of hydrogen-bond acceptors (Lipinski definition) is 4. The highest BCUT2D eigenvalue weighted by molar-refractivity contribution is 6.28. The van der Waals surface area contributed by atoms with Crippen LogP contribution in [0.4, 0.5) is 0 Å². The smallest absolute Gasteiger partial charge is 0.293 e. The first-order valence-electron chi connectivity index (χ1n) is 6.18. The van der Waals surface area contributed by atoms with E-state index >= 15 is 0 Å². The van der Waals surface area contributed by atoms with Crippen LogP contribution in [0.3, 0.4) is 0 Å². The van der Waals surface area contributed by atoms with Crippen molar-refractivity contribution in [2.75, 3.05) is 13.2 Å². The van der Waals surface area contributed by atoms with E-state index in [0.717, 1.165) is 19.4 Å². The van der Waals surface area contributed by atoms with E-state index in [1.54, 1.807) is 18.2 Å². The molecule has 0 bridgehead atoms. The molecule has 1 aliphatic rings. The summed E-state index contributed by atoms with van der Waals surface area (Å²) in [6, 6.07) is 5.05. The van der Waals surface area contributed by atoms with Gasteiger partial charge < -0.3 is 14.5 Å². The van der Waals surface area contributed by atoms with Gasteiger partial charge in [-0.05, 0) is 42.6 Å². The van der Waals surface area contributed by atoms with E-state index in [1.807, 2.05) is 0 Å². The van der Waals surface area contributed by atoms with Crippen molar-refractivity contribution >= 4 is 28.6 Å². The second-order valence-corrected chi connectivity index (χ2v) is 4.82. The molecule has 1 saturated heterocycles. The first-order valence-corrected chi connectivity index (χ1v) is 6.56. The molecule has 1 amide bonds. The molecule has 6 heteroatoms. The van der Waals surface area contributed by atoms with Crippen LogP contribution in [0.2, 0.25) is 5.35 Å². The predicted molar refractivity (Wildman–Crippen MR) is 70.3 cm³/mol. The van der Waals surface area contributed by atoms with Crippen LogP contribution < -0.4 is 5.32 Å². The summed E-state index contributed by atoms with van der Waals surface area (Å²) in [5, 5.41) is 2.93. The molecule has 3 rings (SSSR count). The lowest BCUT2D eigenvalue weighted by Crippen LogP contribution is -2.31. The van der Waals surface area contributed by atoms with Crippen molar-refractivity contribution in [3.8, 4) is 0 Å². The van der Waals surface area contributed by atoms with Crippen LogP contribution in [0.5, 0.6) is 0 Å². The molecule has 0 saturated carbocycles. The van der Waals surface area contributed by atoms with Crippen LogP contribution in [0.25, 0.3) is 11.1 Å². The highest BCUT2D eigenvalue weighted by Gasteiger charge is 2.17. The zero-order valence-corrected chi connectivity index (χ0v) is 10.9. The third-order valence-corrected chi connectivity index (χ3v) is 3.30. The number of carbonyl (C=O) groups excluding carboxylic acids is 1. The maximum atomic E-state index is 12.0. The Morgan fingerprint density at radius 2 is 2.42 bits per heavy atom. The Kier molecular flexibility index (Phi) is 3.40. The third-order valence-electron chi connectivity index (χ3n) is 3.14. The summed E-state index contributed by atoms with van der Waals surface area (Å²) in [6.07, 6.45) is 2.19. The molecule has 1 aliphatic heterocycles. The molecule has 0 radical (unpaired) electrons. The molecule has 2 heterocycles. The van der Waals surface area contributed by atoms with Gasteiger partial charge in [-0.3, -0.25) is 4.79 Å². The van der Waals surface area contributed by atoms with Crippen molar-refractivity contribution in [1.29, 1.82) is 0 Å². The van der Waals surface area contributed by atoms with Gasteiger partial charge in [0.15, 0.2) is 5.58 Å². The van der Waals surface area contributed by atoms with Crippen molar-refractivity contribution in [1.82, 2.24) is 10.3 Å². The average molecular weight is 281 g/mol. The van der Waals surface area contributed by atoms with Gasteiger partial charge in [0.25, 0.3) is 11.3 Å². The standard InChI is InChI=1S/C13H13ClN2O3/c14-13-16-10-4-3-8(6-11(10)19-13)12(17)15-7-9-2-1-5-18-9/h3-4,6,9H,1-2,5,7H2,(H,15,17)/t9-/m0/s1. The third kappa shape index (κ3) is 2.72. The maximum Gasteiger partial charge on any atom is 0.293 e. The van der Waals surface area contributed by atoms with Crippen LogP contribution in [0, 0.1) is 0 Å². The van der Waals surface area contributed by atoms with Gasteiger partial charge in [0.1, 0.15) is 5.52 Å². The number of hydrogen-bond donors (Lipinski definition) is 1. The van der Waals surface area contributed by atoms with E-state index in [2.05, 4.69) is 10.3 Å². The normalized spacial score (nSPS) is 18.9. The van der Waals surface area contributed by atoms with Crippen molar-refractivity contribution < 1.29 is 13.9 Å². The number of carbonyl (C=O) groups is 1. The van der Waals surface area contributed by atoms with E-state index in [-0.39, 0.29) is 17.4 Å². The fraction of sp³-hybridized carbons (Fsp3) is 0.385. The van der Waals surface area contributed by atoms with Crippen LogP contribution >= 0.6 is 11.6 Å². The van der Waals surface area contributed by atoms with Gasteiger partial charge in [0.2, 0.25) is 0 Å². The Hall–Kier alpha value is -1.59. The van der Waals surface area contributed by atoms with E-state index < -0.39 is 0 Å². The van der Waals surface area contributed by atoms with E-state index in [4.69, 9.17) is 20.8 Å². The number of amides is 1. The predicted octanol–water partition coefficient (Wildman–Crippen LogP) is 2.39. The minimum atomic E-state index is -0.148. The molecule has 5 nitrogen and oxygen atoms in total. The molecule has 1 fully saturated rings. The summed E-state index contributed by atoms with van der Waals surface area (Å²) in [4.78, 5) is 16.0. The molecule has 0 aliphatic carbocycles. The first-order chi connectivity index (χ1) is 9.22. The summed E-state index contributed by atoms with van der Waals surface area (Å²) in [5.41, 5.74) is 1.67. The number of ether oxygens (including phenoxy) is 1. The van der Waals surface area contributed by atoms with Crippen molar-refractivity contribution in [3.63, 3.8) is 0 Å². The SMILES string of the molecule is O=C(NC[C@@H]1CCCO1)c1ccc2nc(Cl)oc2c1. The van der Waals surface area contributed by atoms with Crippen molar-refractivity contribution in [2.45, 2.75) is 18.9 Å². The summed E-state index contributed by atoms with van der Waals surface area (Å²) in [6.45, 7) is 1.32. The summed E-state index contributed by atoms with van der Waals surface area (Å²) in [7, 11) is 0. The minimum absolute atomic E-state index is 0.0758. The summed E-state index contributed by atoms with van der Waals surface area (Å²) in [5.74, 6) is -0.148. The number of nitrogens with zero attached hydrogens (tertiary/aromatic N) is 1. The van der Waals surface area contributed by atoms with Gasteiger partial charge in [0.05, 0.1) is 6.10 Å². The number of fused-ring (bicyclic) bond motifs is 1. The van der Waals surface area contributed by atoms with Gasteiger partial charge in [-0.1, -0.05) is 0 Å². The molecular weight excluding hydrogens is 268 g/mol. The van der Waals surface area contributed by atoms with Crippen LogP contribution in [-0.4, -0.2) is 30.1 Å². The van der Waals surface area contributed by atoms with Crippen molar-refractivity contribution in [2.24, 2.45) is 0 Å². The molecule has 1 aromatic heterocycles. The lowest BCUT2D eigenvalue weighted by atomic mass is 10.2. The summed E-state index contributed by atoms with van der Waals surface area (Å²) >= 11 is 5.67. The highest BCUT2D eigenvalue weighted by Crippen LogP contribution is 2.20. The molecule has 1 atom stereocenters. The lowest BCUT2D eigenvalue weighted by Gasteiger charge is -2.10. The number of aromatic nitrogens is 1. The largest absolute Gasteiger partial charge is 0.428 e. The number of benzene rings is 1. The zero-order valence-electron chi connectivity index (χ0n) is 10.2. The second-order valence-electron chi connectivity index (χ2n) is 4.49. The van der Waals surface area contributed by atoms with Gasteiger partial charge >= 0.3 is 0 Å². The molecule has 100 valence electrons. The average Bonchev–Trinajstić information content (AvgIpc) is 3.02. The molecule has 1 aromatic carbocycles. The lowest BCUT2D eigenvalue weighted by molar-refractivity contribution is 0.0858. The van der Waals surface area contributed by atoms with E-state index in [1.165, 1.54) is 0 Å². The van der Waals surface area contributed by atoms with Crippen molar-refractivity contribution in [3.05, 3.63) is 29.1 Å². The number of nitrogens with one attached hydrogen (secondary N) is 1. The molecule has 0 spiro atoms. The van der Waals surface area contributed by atoms with Gasteiger partial charge in [0, 0.05) is 18.7 Å². The molecule has 2 aromatic rings. The molecule has 0 unspecified atom stereocenters. The molecular formula is C13H13ClN2O3. The fourth-order valence-electron chi connectivity index (χ4n) is 2.15. The Morgan fingerprint density at radius 3 is 3.21 bits per heavy atom. The zero-order chi connectivity index (χ0) is 13.2. The Labute approximate surface area is 114 Å². The van der Waals surface area contributed by atoms with Gasteiger partial charge in [-0.15, -0.1) is 0 Å². The number of oxazole rings is 1. The quantitative estimate of drug-likeness (QED) is 0.937. The van der Waals surface area contributed by atoms with Gasteiger partial charge in [-0.25, -0.2) is 0 Å². The first kappa shape index (κ1) is 12.4. The van der Waals surface area contributed by atoms with Crippen LogP contribution in [-0.2, 0) is 4.74 Å². The monoisotopic (exact) mass is 280 g/mol. The summed E-state index contributed by atoms with van der Waals surface area (Å²) < 4.78 is 10.6. The number of rotatable bonds is 3. The molecule has 19 heavy (non-hydrogen) atoms. The van der Waals surface area contributed by atoms with E-state index in [9.17, 15) is 4.79 Å². The topological polar surface area (TPSA) is 64.4 Å². The Morgan fingerprint density at radius 1 is 1.53 bits per heavy atom. The number of halogens is 1. The minimum Gasteiger partial charge on any atom is -0.428 e. The fourth-order valence-corrected chi connectivity index (χ4v) is 2.33. The molecule has 1 N–H and O–H groups in total. The highest BCUT2D eigenvalue weighted by atomic mass is 35.5. The van der Waals surface area contributed by atoms with E-state index in [0.29, 0.717) is 23.2 Å².